The average Bonchev–Trinajstić information content (AvgIpc) is 2.41. The van der Waals surface area contributed by atoms with Crippen molar-refractivity contribution in [1.82, 2.24) is 10.3 Å². The average molecular weight is 327 g/mol. The van der Waals surface area contributed by atoms with E-state index in [0.717, 1.165) is 5.69 Å². The van der Waals surface area contributed by atoms with Crippen LogP contribution in [0.2, 0.25) is 10.0 Å². The van der Waals surface area contributed by atoms with Crippen LogP contribution in [-0.2, 0) is 6.54 Å². The fourth-order valence-corrected chi connectivity index (χ4v) is 2.49. The molecule has 0 aliphatic carbocycles. The molecule has 4 nitrogen and oxygen atoms in total. The molecule has 21 heavy (non-hydrogen) atoms. The highest BCUT2D eigenvalue weighted by atomic mass is 35.5. The first-order valence-electron chi connectivity index (χ1n) is 6.46. The number of rotatable bonds is 5. The third-order valence-corrected chi connectivity index (χ3v) is 3.43. The van der Waals surface area contributed by atoms with Crippen LogP contribution in [0.25, 0.3) is 0 Å². The number of aliphatic hydroxyl groups is 1. The van der Waals surface area contributed by atoms with Crippen LogP contribution >= 0.6 is 23.2 Å². The van der Waals surface area contributed by atoms with Crippen LogP contribution in [0.1, 0.15) is 23.1 Å². The molecule has 0 saturated heterocycles. The maximum absolute atomic E-state index is 10.1. The number of nitrogens with one attached hydrogen (secondary N) is 1. The van der Waals surface area contributed by atoms with E-state index in [1.165, 1.54) is 0 Å². The number of aromatic nitrogens is 1. The van der Waals surface area contributed by atoms with E-state index in [1.807, 2.05) is 6.92 Å². The number of hydrogen-bond donors (Lipinski definition) is 3. The lowest BCUT2D eigenvalue weighted by atomic mass is 10.1. The van der Waals surface area contributed by atoms with E-state index in [4.69, 9.17) is 23.2 Å². The maximum atomic E-state index is 10.1. The molecule has 0 saturated carbocycles. The third-order valence-electron chi connectivity index (χ3n) is 2.99. The summed E-state index contributed by atoms with van der Waals surface area (Å²) < 4.78 is 0. The molecule has 2 aromatic rings. The normalized spacial score (nSPS) is 12.4. The molecule has 2 rings (SSSR count). The van der Waals surface area contributed by atoms with Crippen LogP contribution in [-0.4, -0.2) is 21.7 Å². The molecule has 1 aromatic heterocycles. The van der Waals surface area contributed by atoms with Gasteiger partial charge in [0.1, 0.15) is 5.75 Å². The zero-order chi connectivity index (χ0) is 15.4. The molecule has 1 unspecified atom stereocenters. The zero-order valence-electron chi connectivity index (χ0n) is 11.5. The summed E-state index contributed by atoms with van der Waals surface area (Å²) in [6.07, 6.45) is -0.742. The van der Waals surface area contributed by atoms with E-state index < -0.39 is 6.10 Å². The zero-order valence-corrected chi connectivity index (χ0v) is 13.0. The van der Waals surface area contributed by atoms with Gasteiger partial charge in [0, 0.05) is 28.8 Å². The summed E-state index contributed by atoms with van der Waals surface area (Å²) in [6.45, 7) is 2.51. The molecule has 6 heteroatoms. The highest BCUT2D eigenvalue weighted by Gasteiger charge is 2.10. The molecule has 112 valence electrons. The molecular formula is C15H16Cl2N2O2. The molecule has 0 bridgehead atoms. The number of hydrogen-bond acceptors (Lipinski definition) is 4. The van der Waals surface area contributed by atoms with Crippen LogP contribution in [0, 0.1) is 6.92 Å². The minimum Gasteiger partial charge on any atom is -0.506 e. The van der Waals surface area contributed by atoms with E-state index in [9.17, 15) is 10.2 Å². The van der Waals surface area contributed by atoms with Gasteiger partial charge in [0.05, 0.1) is 11.8 Å². The minimum absolute atomic E-state index is 0.133. The van der Waals surface area contributed by atoms with E-state index in [2.05, 4.69) is 10.3 Å². The van der Waals surface area contributed by atoms with Crippen LogP contribution in [0.4, 0.5) is 0 Å². The smallest absolute Gasteiger partial charge is 0.138 e. The molecule has 1 aromatic carbocycles. The highest BCUT2D eigenvalue weighted by Crippen LogP contribution is 2.23. The molecule has 1 atom stereocenters. The number of halogens is 2. The predicted molar refractivity (Wildman–Crippen MR) is 83.8 cm³/mol. The fourth-order valence-electron chi connectivity index (χ4n) is 1.95. The van der Waals surface area contributed by atoms with Crippen molar-refractivity contribution >= 4 is 23.2 Å². The van der Waals surface area contributed by atoms with E-state index in [-0.39, 0.29) is 5.75 Å². The van der Waals surface area contributed by atoms with Gasteiger partial charge in [-0.1, -0.05) is 23.2 Å². The Labute approximate surface area is 133 Å². The van der Waals surface area contributed by atoms with Crippen molar-refractivity contribution in [2.24, 2.45) is 0 Å². The first kappa shape index (κ1) is 16.0. The topological polar surface area (TPSA) is 65.4 Å². The molecule has 0 aliphatic heterocycles. The highest BCUT2D eigenvalue weighted by molar-refractivity contribution is 6.34. The van der Waals surface area contributed by atoms with Crippen molar-refractivity contribution < 1.29 is 10.2 Å². The summed E-state index contributed by atoms with van der Waals surface area (Å²) in [6, 6.07) is 8.29. The molecule has 0 radical (unpaired) electrons. The number of aliphatic hydroxyl groups excluding tert-OH is 1. The second-order valence-electron chi connectivity index (χ2n) is 4.77. The largest absolute Gasteiger partial charge is 0.506 e. The Balaban J connectivity index is 1.95. The van der Waals surface area contributed by atoms with Gasteiger partial charge in [0.2, 0.25) is 0 Å². The summed E-state index contributed by atoms with van der Waals surface area (Å²) >= 11 is 11.8. The van der Waals surface area contributed by atoms with Gasteiger partial charge in [0.15, 0.2) is 0 Å². The fraction of sp³-hybridized carbons (Fsp3) is 0.267. The van der Waals surface area contributed by atoms with E-state index in [1.54, 1.807) is 30.3 Å². The molecule has 3 N–H and O–H groups in total. The Kier molecular flexibility index (Phi) is 5.42. The standard InChI is InChI=1S/C15H16Cl2N2O2/c1-9-2-3-14(20)13(19-9)7-18-8-15(21)10-4-11(16)6-12(17)5-10/h2-6,15,18,20-21H,7-8H2,1H3. The second-order valence-corrected chi connectivity index (χ2v) is 5.64. The van der Waals surface area contributed by atoms with Crippen molar-refractivity contribution in [2.45, 2.75) is 19.6 Å². The van der Waals surface area contributed by atoms with Crippen molar-refractivity contribution in [3.05, 3.63) is 57.3 Å². The van der Waals surface area contributed by atoms with Gasteiger partial charge in [-0.3, -0.25) is 4.98 Å². The van der Waals surface area contributed by atoms with Crippen molar-refractivity contribution in [3.63, 3.8) is 0 Å². The SMILES string of the molecule is Cc1ccc(O)c(CNCC(O)c2cc(Cl)cc(Cl)c2)n1. The van der Waals surface area contributed by atoms with Gasteiger partial charge in [-0.2, -0.15) is 0 Å². The molecule has 0 aliphatic rings. The molecule has 0 fully saturated rings. The number of pyridine rings is 1. The summed E-state index contributed by atoms with van der Waals surface area (Å²) in [5, 5.41) is 23.8. The van der Waals surface area contributed by atoms with Crippen molar-refractivity contribution in [3.8, 4) is 5.75 Å². The monoisotopic (exact) mass is 326 g/mol. The first-order valence-corrected chi connectivity index (χ1v) is 7.21. The minimum atomic E-state index is -0.742. The van der Waals surface area contributed by atoms with Gasteiger partial charge in [-0.25, -0.2) is 0 Å². The summed E-state index contributed by atoms with van der Waals surface area (Å²) in [5.41, 5.74) is 2.01. The maximum Gasteiger partial charge on any atom is 0.138 e. The molecule has 0 amide bonds. The Morgan fingerprint density at radius 3 is 2.52 bits per heavy atom. The number of benzene rings is 1. The molecule has 0 spiro atoms. The third kappa shape index (κ3) is 4.58. The van der Waals surface area contributed by atoms with Crippen molar-refractivity contribution in [1.29, 1.82) is 0 Å². The van der Waals surface area contributed by atoms with Gasteiger partial charge in [-0.05, 0) is 42.8 Å². The lowest BCUT2D eigenvalue weighted by molar-refractivity contribution is 0.174. The Hall–Kier alpha value is -1.33. The predicted octanol–water partition coefficient (Wildman–Crippen LogP) is 3.23. The summed E-state index contributed by atoms with van der Waals surface area (Å²) in [4.78, 5) is 4.23. The lowest BCUT2D eigenvalue weighted by Gasteiger charge is -2.13. The second kappa shape index (κ2) is 7.09. The number of aromatic hydroxyl groups is 1. The van der Waals surface area contributed by atoms with Gasteiger partial charge >= 0.3 is 0 Å². The van der Waals surface area contributed by atoms with Gasteiger partial charge in [0.25, 0.3) is 0 Å². The Morgan fingerprint density at radius 2 is 1.86 bits per heavy atom. The summed E-state index contributed by atoms with van der Waals surface area (Å²) in [5.74, 6) is 0.133. The van der Waals surface area contributed by atoms with Crippen LogP contribution in [0.5, 0.6) is 5.75 Å². The Morgan fingerprint density at radius 1 is 1.19 bits per heavy atom. The van der Waals surface area contributed by atoms with Crippen molar-refractivity contribution in [2.75, 3.05) is 6.54 Å². The van der Waals surface area contributed by atoms with Crippen LogP contribution in [0.15, 0.2) is 30.3 Å². The first-order chi connectivity index (χ1) is 9.95. The Bertz CT molecular complexity index is 615. The van der Waals surface area contributed by atoms with Crippen LogP contribution < -0.4 is 5.32 Å². The molecule has 1 heterocycles. The van der Waals surface area contributed by atoms with Gasteiger partial charge in [-0.15, -0.1) is 0 Å². The van der Waals surface area contributed by atoms with Gasteiger partial charge < -0.3 is 15.5 Å². The quantitative estimate of drug-likeness (QED) is 0.789. The van der Waals surface area contributed by atoms with E-state index in [0.29, 0.717) is 34.4 Å². The molecular weight excluding hydrogens is 311 g/mol. The lowest BCUT2D eigenvalue weighted by Crippen LogP contribution is -2.21. The van der Waals surface area contributed by atoms with Crippen LogP contribution in [0.3, 0.4) is 0 Å². The number of aryl methyl sites for hydroxylation is 1. The summed E-state index contributed by atoms with van der Waals surface area (Å²) in [7, 11) is 0. The number of nitrogens with zero attached hydrogens (tertiary/aromatic N) is 1. The van der Waals surface area contributed by atoms with E-state index >= 15 is 0 Å².